The number of fused-ring (bicyclic) bond motifs is 17. The third-order valence-electron chi connectivity index (χ3n) is 17.0. The molecule has 5 heterocycles. The molecule has 1 aromatic carbocycles. The lowest BCUT2D eigenvalue weighted by molar-refractivity contribution is -0.265. The van der Waals surface area contributed by atoms with Gasteiger partial charge in [0.15, 0.2) is 5.78 Å². The molecule has 420 valence electrons. The van der Waals surface area contributed by atoms with Gasteiger partial charge in [0, 0.05) is 58.5 Å². The molecule has 16 nitrogen and oxygen atoms in total. The zero-order valence-corrected chi connectivity index (χ0v) is 47.2. The molecule has 2 unspecified atom stereocenters. The number of para-hydroxylation sites is 1. The van der Waals surface area contributed by atoms with Gasteiger partial charge in [-0.1, -0.05) is 76.0 Å². The monoisotopic (exact) mass is 1090 g/mol. The Hall–Kier alpha value is -3.29. The average molecular weight is 1090 g/mol. The number of benzene rings is 1. The second-order valence-electron chi connectivity index (χ2n) is 22.5. The molecule has 0 aromatic heterocycles. The number of methoxy groups -OCH3 is 3. The standard InChI is InChI=1S/C57H84Cl2N2O14/c1-31-24-35(5)51(64)53(72-10)52(65)36(6)25-32(2)46(63)30-48(33(3)26-38-18-22-45(62)49(28-38)71-9)73-56(68)44-16-11-12-23-60(44)55(67)54(66)57(69)37(7)17-19-39(74-57)29-47(70-8)34(4)27-40-20-21-43(31)61(75-40)50-41(58)14-13-15-42(50)59/h13-15,25,27,31-33,35,37-40,43-45,47-49,52-53,62,65,69H,11-12,16-24,26,28-30H2,1-10H3/t31-,32+,33+,35+,37+,38-,39-,40?,43?,44-,45+,47-,48-,49+,52+,53-,57+/m0/s1. The van der Waals surface area contributed by atoms with Crippen molar-refractivity contribution in [3.05, 3.63) is 51.5 Å². The predicted molar refractivity (Wildman–Crippen MR) is 284 cm³/mol. The Morgan fingerprint density at radius 2 is 1.53 bits per heavy atom. The molecule has 4 fully saturated rings. The highest BCUT2D eigenvalue weighted by atomic mass is 35.5. The van der Waals surface area contributed by atoms with Gasteiger partial charge in [0.2, 0.25) is 5.79 Å². The first-order valence-electron chi connectivity index (χ1n) is 27.3. The fourth-order valence-electron chi connectivity index (χ4n) is 12.2. The minimum atomic E-state index is -2.49. The van der Waals surface area contributed by atoms with E-state index in [1.807, 2.05) is 33.8 Å². The summed E-state index contributed by atoms with van der Waals surface area (Å²) in [7, 11) is 4.50. The van der Waals surface area contributed by atoms with Gasteiger partial charge in [-0.15, -0.1) is 0 Å². The highest BCUT2D eigenvalue weighted by Crippen LogP contribution is 2.43. The first-order chi connectivity index (χ1) is 35.5. The van der Waals surface area contributed by atoms with E-state index in [0.717, 1.165) is 5.57 Å². The van der Waals surface area contributed by atoms with Gasteiger partial charge in [-0.3, -0.25) is 24.0 Å². The lowest BCUT2D eigenvalue weighted by atomic mass is 9.78. The number of hydrogen-bond acceptors (Lipinski definition) is 15. The first kappa shape index (κ1) is 60.9. The summed E-state index contributed by atoms with van der Waals surface area (Å²) < 4.78 is 29.9. The summed E-state index contributed by atoms with van der Waals surface area (Å²) in [5.74, 6) is -8.64. The third kappa shape index (κ3) is 14.5. The van der Waals surface area contributed by atoms with Gasteiger partial charge in [-0.2, -0.15) is 0 Å². The van der Waals surface area contributed by atoms with Crippen molar-refractivity contribution in [3.8, 4) is 0 Å². The van der Waals surface area contributed by atoms with Gasteiger partial charge in [0.1, 0.15) is 41.9 Å². The maximum Gasteiger partial charge on any atom is 0.329 e. The Morgan fingerprint density at radius 3 is 2.20 bits per heavy atom. The number of amides is 1. The second kappa shape index (κ2) is 27.0. The molecular formula is C57H84Cl2N2O14. The third-order valence-corrected chi connectivity index (χ3v) is 17.6. The zero-order valence-electron chi connectivity index (χ0n) is 45.7. The van der Waals surface area contributed by atoms with E-state index in [4.69, 9.17) is 51.7 Å². The SMILES string of the molecule is CO[C@H]1C[C@@H]2CC[C@@H](C)[C@@](O)(O2)C(=O)C(=O)N2CCCC[C@H]2C(=O)O[C@H]([C@H](C)C[C@@H]2CC[C@@H](O)[C@H](OC)C2)CC(=O)[C@H](C)C=C(C)[C@@H](O)[C@@H](OC)C(=O)[C@H](C)C[C@H](C)C2CCC(C=C1C)ON2c1c(Cl)cccc1Cl. The van der Waals surface area contributed by atoms with Crippen LogP contribution in [0.4, 0.5) is 5.69 Å². The van der Waals surface area contributed by atoms with Gasteiger partial charge in [0.05, 0.1) is 40.5 Å². The van der Waals surface area contributed by atoms with Crippen LogP contribution in [0.5, 0.6) is 0 Å². The lowest BCUT2D eigenvalue weighted by Crippen LogP contribution is -2.61. The molecule has 3 saturated heterocycles. The Labute approximate surface area is 454 Å². The molecule has 17 atom stereocenters. The largest absolute Gasteiger partial charge is 0.460 e. The fourth-order valence-corrected chi connectivity index (χ4v) is 12.8. The van der Waals surface area contributed by atoms with Crippen molar-refractivity contribution in [1.82, 2.24) is 4.90 Å². The minimum absolute atomic E-state index is 0.0616. The van der Waals surface area contributed by atoms with Crippen LogP contribution in [0.3, 0.4) is 0 Å². The number of hydroxylamine groups is 1. The van der Waals surface area contributed by atoms with E-state index in [0.29, 0.717) is 91.9 Å². The maximum atomic E-state index is 14.5. The Bertz CT molecular complexity index is 2210. The summed E-state index contributed by atoms with van der Waals surface area (Å²) in [6.07, 6.45) is 3.43. The van der Waals surface area contributed by atoms with E-state index in [-0.39, 0.29) is 67.3 Å². The number of allylic oxidation sites excluding steroid dienone is 1. The van der Waals surface area contributed by atoms with Crippen molar-refractivity contribution in [2.45, 2.75) is 205 Å². The Kier molecular flexibility index (Phi) is 22.0. The van der Waals surface area contributed by atoms with Gasteiger partial charge < -0.3 is 43.9 Å². The van der Waals surface area contributed by atoms with Crippen LogP contribution in [0.25, 0.3) is 0 Å². The molecule has 5 aliphatic heterocycles. The number of ether oxygens (including phenoxy) is 5. The summed E-state index contributed by atoms with van der Waals surface area (Å²) >= 11 is 13.7. The number of rotatable bonds is 7. The summed E-state index contributed by atoms with van der Waals surface area (Å²) in [5, 5.41) is 37.0. The average Bonchev–Trinajstić information content (AvgIpc) is 3.38. The van der Waals surface area contributed by atoms with Crippen LogP contribution in [-0.2, 0) is 52.5 Å². The number of carbonyl (C=O) groups excluding carboxylic acids is 5. The molecule has 1 aromatic rings. The van der Waals surface area contributed by atoms with Crippen molar-refractivity contribution in [2.75, 3.05) is 32.9 Å². The normalized spacial score (nSPS) is 37.4. The predicted octanol–water partition coefficient (Wildman–Crippen LogP) is 8.34. The first-order valence-corrected chi connectivity index (χ1v) is 28.0. The topological polar surface area (TPSA) is 208 Å². The molecule has 0 spiro atoms. The molecular weight excluding hydrogens is 1010 g/mol. The number of piperidine rings is 1. The molecule has 18 heteroatoms. The van der Waals surface area contributed by atoms with Gasteiger partial charge in [-0.05, 0) is 132 Å². The summed E-state index contributed by atoms with van der Waals surface area (Å²) in [6.45, 7) is 12.7. The summed E-state index contributed by atoms with van der Waals surface area (Å²) in [5.41, 5.74) is 1.64. The van der Waals surface area contributed by atoms with Crippen LogP contribution in [-0.4, -0.2) is 144 Å². The molecule has 4 bridgehead atoms. The van der Waals surface area contributed by atoms with E-state index in [2.05, 4.69) is 0 Å². The van der Waals surface area contributed by atoms with Crippen LogP contribution >= 0.6 is 23.2 Å². The number of aliphatic hydroxyl groups is 3. The number of carbonyl (C=O) groups is 5. The van der Waals surface area contributed by atoms with Crippen molar-refractivity contribution in [3.63, 3.8) is 0 Å². The quantitative estimate of drug-likeness (QED) is 0.133. The highest BCUT2D eigenvalue weighted by molar-refractivity contribution is 6.39. The maximum absolute atomic E-state index is 14.5. The van der Waals surface area contributed by atoms with E-state index in [9.17, 15) is 39.3 Å². The van der Waals surface area contributed by atoms with E-state index in [1.54, 1.807) is 64.3 Å². The number of aliphatic hydroxyl groups excluding tert-OH is 2. The molecule has 3 N–H and O–H groups in total. The minimum Gasteiger partial charge on any atom is -0.460 e. The number of hydrogen-bond donors (Lipinski definition) is 3. The number of ketones is 3. The Balaban J connectivity index is 1.36. The van der Waals surface area contributed by atoms with Gasteiger partial charge >= 0.3 is 5.97 Å². The molecule has 75 heavy (non-hydrogen) atoms. The lowest BCUT2D eigenvalue weighted by Gasteiger charge is -2.44. The number of esters is 1. The number of halogens is 2. The molecule has 0 radical (unpaired) electrons. The molecule has 1 aliphatic carbocycles. The van der Waals surface area contributed by atoms with Crippen molar-refractivity contribution in [1.29, 1.82) is 0 Å². The number of nitrogens with zero attached hydrogens (tertiary/aromatic N) is 2. The second-order valence-corrected chi connectivity index (χ2v) is 23.3. The van der Waals surface area contributed by atoms with Crippen molar-refractivity contribution < 1.29 is 67.8 Å². The zero-order chi connectivity index (χ0) is 55.1. The van der Waals surface area contributed by atoms with Crippen LogP contribution in [0.2, 0.25) is 10.0 Å². The number of anilines is 1. The van der Waals surface area contributed by atoms with Crippen LogP contribution in [0.1, 0.15) is 138 Å². The molecule has 1 amide bonds. The van der Waals surface area contributed by atoms with E-state index >= 15 is 0 Å². The summed E-state index contributed by atoms with van der Waals surface area (Å²) in [6, 6.07) is 3.77. The van der Waals surface area contributed by atoms with Crippen molar-refractivity contribution in [2.24, 2.45) is 35.5 Å². The smallest absolute Gasteiger partial charge is 0.329 e. The van der Waals surface area contributed by atoms with E-state index < -0.39 is 90.0 Å². The summed E-state index contributed by atoms with van der Waals surface area (Å²) in [4.78, 5) is 80.0. The van der Waals surface area contributed by atoms with Crippen molar-refractivity contribution >= 4 is 58.1 Å². The van der Waals surface area contributed by atoms with E-state index in [1.165, 1.54) is 12.0 Å². The van der Waals surface area contributed by atoms with Crippen LogP contribution in [0.15, 0.2) is 41.5 Å². The van der Waals surface area contributed by atoms with Gasteiger partial charge in [0.25, 0.3) is 11.7 Å². The van der Waals surface area contributed by atoms with Crippen LogP contribution in [0, 0.1) is 35.5 Å². The molecule has 6 aliphatic rings. The highest BCUT2D eigenvalue weighted by Gasteiger charge is 2.53. The van der Waals surface area contributed by atoms with Crippen LogP contribution < -0.4 is 5.06 Å². The Morgan fingerprint density at radius 1 is 0.827 bits per heavy atom. The molecule has 7 rings (SSSR count). The fraction of sp³-hybridized carbons (Fsp3) is 0.737. The van der Waals surface area contributed by atoms with Gasteiger partial charge in [-0.25, -0.2) is 9.86 Å². The number of Topliss-reactive ketones (excluding diaryl/α,β-unsaturated/α-hetero) is 3. The molecule has 1 saturated carbocycles.